The second-order valence-electron chi connectivity index (χ2n) is 9.75. The third-order valence-electron chi connectivity index (χ3n) is 6.92. The Hall–Kier alpha value is -5.17. The number of aryl methyl sites for hydroxylation is 1. The first-order valence-electron chi connectivity index (χ1n) is 14.2. The molecule has 0 atom stereocenters. The minimum atomic E-state index is -0.323. The van der Waals surface area contributed by atoms with Crippen molar-refractivity contribution in [3.8, 4) is 45.8 Å². The van der Waals surface area contributed by atoms with Crippen molar-refractivity contribution in [2.24, 2.45) is 5.10 Å². The number of methoxy groups -OCH3 is 5. The lowest BCUT2D eigenvalue weighted by molar-refractivity contribution is 0.277. The summed E-state index contributed by atoms with van der Waals surface area (Å²) in [7, 11) is 7.53. The maximum Gasteiger partial charge on any atom is 0.212 e. The highest BCUT2D eigenvalue weighted by Crippen LogP contribution is 2.45. The fraction of sp³-hybridized carbons (Fsp3) is 0.273. The first kappa shape index (κ1) is 32.2. The van der Waals surface area contributed by atoms with Gasteiger partial charge in [0, 0.05) is 23.4 Å². The molecule has 0 aliphatic heterocycles. The highest BCUT2D eigenvalue weighted by molar-refractivity contribution is 7.99. The van der Waals surface area contributed by atoms with Crippen molar-refractivity contribution in [3.63, 3.8) is 0 Å². The van der Waals surface area contributed by atoms with E-state index in [2.05, 4.69) is 15.3 Å². The Balaban J connectivity index is 1.34. The van der Waals surface area contributed by atoms with Gasteiger partial charge in [-0.1, -0.05) is 42.1 Å². The maximum atomic E-state index is 13.5. The molecule has 240 valence electrons. The van der Waals surface area contributed by atoms with Gasteiger partial charge in [0.05, 0.1) is 48.4 Å². The highest BCUT2D eigenvalue weighted by Gasteiger charge is 2.23. The molecule has 5 aromatic rings. The Labute approximate surface area is 269 Å². The van der Waals surface area contributed by atoms with Crippen LogP contribution in [0.3, 0.4) is 0 Å². The number of benzene rings is 3. The molecule has 0 radical (unpaired) electrons. The summed E-state index contributed by atoms with van der Waals surface area (Å²) < 4.78 is 41.7. The van der Waals surface area contributed by atoms with E-state index in [1.54, 1.807) is 29.1 Å². The van der Waals surface area contributed by atoms with Crippen LogP contribution in [0.4, 0.5) is 0 Å². The smallest absolute Gasteiger partial charge is 0.212 e. The van der Waals surface area contributed by atoms with Crippen LogP contribution in [-0.2, 0) is 0 Å². The van der Waals surface area contributed by atoms with Gasteiger partial charge in [-0.15, -0.1) is 10.2 Å². The first-order valence-corrected chi connectivity index (χ1v) is 15.2. The summed E-state index contributed by atoms with van der Waals surface area (Å²) in [5.74, 6) is 3.81. The van der Waals surface area contributed by atoms with E-state index in [4.69, 9.17) is 32.8 Å². The molecule has 0 fully saturated rings. The fourth-order valence-corrected chi connectivity index (χ4v) is 5.56. The van der Waals surface area contributed by atoms with E-state index in [1.807, 2.05) is 37.3 Å². The van der Waals surface area contributed by atoms with Gasteiger partial charge in [0.15, 0.2) is 34.3 Å². The number of aromatic nitrogens is 3. The zero-order valence-electron chi connectivity index (χ0n) is 26.4. The van der Waals surface area contributed by atoms with Crippen LogP contribution in [0.2, 0.25) is 0 Å². The lowest BCUT2D eigenvalue weighted by Gasteiger charge is -2.17. The van der Waals surface area contributed by atoms with Crippen LogP contribution in [0.15, 0.2) is 74.1 Å². The minimum Gasteiger partial charge on any atom is -0.493 e. The number of fused-ring (bicyclic) bond motifs is 1. The van der Waals surface area contributed by atoms with Gasteiger partial charge < -0.3 is 32.8 Å². The summed E-state index contributed by atoms with van der Waals surface area (Å²) in [5, 5.41) is 13.9. The van der Waals surface area contributed by atoms with Gasteiger partial charge >= 0.3 is 0 Å². The van der Waals surface area contributed by atoms with Crippen LogP contribution < -0.4 is 33.8 Å². The van der Waals surface area contributed by atoms with Gasteiger partial charge in [-0.05, 0) is 31.0 Å². The van der Waals surface area contributed by atoms with Gasteiger partial charge in [-0.25, -0.2) is 0 Å². The molecule has 0 unspecified atom stereocenters. The molecule has 0 spiro atoms. The SMILES string of the molecule is COc1cc(-c2cc(=O)c3c(OC)c(OCCCSc4nnc(C)n4N=Cc4ccccc4)c(OC)cc3o2)cc(OC)c1OC. The second kappa shape index (κ2) is 14.7. The maximum absolute atomic E-state index is 13.5. The molecule has 0 saturated carbocycles. The molecule has 13 heteroatoms. The minimum absolute atomic E-state index is 0.220. The van der Waals surface area contributed by atoms with Gasteiger partial charge in [0.1, 0.15) is 16.7 Å². The summed E-state index contributed by atoms with van der Waals surface area (Å²) in [6.07, 6.45) is 2.42. The van der Waals surface area contributed by atoms with Crippen molar-refractivity contribution in [1.29, 1.82) is 0 Å². The molecule has 0 aliphatic rings. The van der Waals surface area contributed by atoms with Crippen molar-refractivity contribution in [1.82, 2.24) is 14.9 Å². The molecule has 12 nitrogen and oxygen atoms in total. The van der Waals surface area contributed by atoms with Gasteiger partial charge in [0.2, 0.25) is 16.7 Å². The quantitative estimate of drug-likeness (QED) is 0.0819. The number of hydrogen-bond donors (Lipinski definition) is 0. The number of rotatable bonds is 14. The molecule has 3 aromatic carbocycles. The van der Waals surface area contributed by atoms with Crippen LogP contribution in [0, 0.1) is 6.92 Å². The third-order valence-corrected chi connectivity index (χ3v) is 7.93. The average Bonchev–Trinajstić information content (AvgIpc) is 3.44. The Morgan fingerprint density at radius 3 is 2.17 bits per heavy atom. The van der Waals surface area contributed by atoms with Gasteiger partial charge in [0.25, 0.3) is 0 Å². The van der Waals surface area contributed by atoms with Crippen molar-refractivity contribution in [2.45, 2.75) is 18.5 Å². The van der Waals surface area contributed by atoms with E-state index >= 15 is 0 Å². The van der Waals surface area contributed by atoms with Crippen LogP contribution >= 0.6 is 11.8 Å². The molecular formula is C33H34N4O8S. The summed E-state index contributed by atoms with van der Waals surface area (Å²) >= 11 is 1.51. The fourth-order valence-electron chi connectivity index (χ4n) is 4.72. The van der Waals surface area contributed by atoms with E-state index in [0.717, 1.165) is 5.56 Å². The molecule has 0 amide bonds. The second-order valence-corrected chi connectivity index (χ2v) is 10.8. The lowest BCUT2D eigenvalue weighted by Crippen LogP contribution is -2.07. The molecule has 46 heavy (non-hydrogen) atoms. The van der Waals surface area contributed by atoms with E-state index in [-0.39, 0.29) is 22.1 Å². The largest absolute Gasteiger partial charge is 0.493 e. The van der Waals surface area contributed by atoms with Crippen molar-refractivity contribution in [3.05, 3.63) is 76.2 Å². The molecule has 5 rings (SSSR count). The van der Waals surface area contributed by atoms with Crippen LogP contribution in [0.5, 0.6) is 34.5 Å². The van der Waals surface area contributed by atoms with E-state index < -0.39 is 0 Å². The van der Waals surface area contributed by atoms with Crippen LogP contribution in [-0.4, -0.2) is 69.0 Å². The zero-order valence-corrected chi connectivity index (χ0v) is 27.2. The Kier molecular flexibility index (Phi) is 10.3. The van der Waals surface area contributed by atoms with Crippen LogP contribution in [0.1, 0.15) is 17.8 Å². The van der Waals surface area contributed by atoms with Crippen molar-refractivity contribution in [2.75, 3.05) is 47.9 Å². The normalized spacial score (nSPS) is 11.2. The van der Waals surface area contributed by atoms with E-state index in [9.17, 15) is 4.79 Å². The van der Waals surface area contributed by atoms with Crippen LogP contribution in [0.25, 0.3) is 22.3 Å². The molecule has 0 N–H and O–H groups in total. The molecule has 0 saturated heterocycles. The van der Waals surface area contributed by atoms with E-state index in [1.165, 1.54) is 53.4 Å². The third kappa shape index (κ3) is 6.74. The summed E-state index contributed by atoms with van der Waals surface area (Å²) in [5.41, 5.74) is 1.47. The Bertz CT molecular complexity index is 1880. The monoisotopic (exact) mass is 646 g/mol. The average molecular weight is 647 g/mol. The lowest BCUT2D eigenvalue weighted by atomic mass is 10.1. The predicted octanol–water partition coefficient (Wildman–Crippen LogP) is 5.85. The van der Waals surface area contributed by atoms with E-state index in [0.29, 0.717) is 69.8 Å². The van der Waals surface area contributed by atoms with Crippen molar-refractivity contribution < 1.29 is 32.8 Å². The highest BCUT2D eigenvalue weighted by atomic mass is 32.2. The molecule has 0 bridgehead atoms. The zero-order chi connectivity index (χ0) is 32.6. The Morgan fingerprint density at radius 2 is 1.52 bits per heavy atom. The topological polar surface area (TPSA) is 129 Å². The number of hydrogen-bond acceptors (Lipinski definition) is 12. The first-order chi connectivity index (χ1) is 22.4. The molecule has 0 aliphatic carbocycles. The van der Waals surface area contributed by atoms with Gasteiger partial charge in [-0.3, -0.25) is 4.79 Å². The Morgan fingerprint density at radius 1 is 0.848 bits per heavy atom. The number of nitrogens with zero attached hydrogens (tertiary/aromatic N) is 4. The van der Waals surface area contributed by atoms with Gasteiger partial charge in [-0.2, -0.15) is 9.78 Å². The molecule has 2 aromatic heterocycles. The summed E-state index contributed by atoms with van der Waals surface area (Å²) in [4.78, 5) is 13.5. The number of thioether (sulfide) groups is 1. The molecule has 2 heterocycles. The summed E-state index contributed by atoms with van der Waals surface area (Å²) in [6.45, 7) is 2.17. The standard InChI is InChI=1S/C33H34N4O8S/c1-20-35-36-33(37(20)34-19-21-11-8-7-9-12-21)46-14-10-13-44-31-28(41-4)18-25-29(32(31)43-6)23(38)17-24(45-25)22-15-26(39-2)30(42-5)27(16-22)40-3/h7-9,11-12,15-19H,10,13-14H2,1-6H3. The summed E-state index contributed by atoms with van der Waals surface area (Å²) in [6, 6.07) is 16.2. The van der Waals surface area contributed by atoms with Crippen molar-refractivity contribution >= 4 is 28.9 Å². The molecular weight excluding hydrogens is 612 g/mol. The predicted molar refractivity (Wildman–Crippen MR) is 176 cm³/mol. The number of ether oxygens (including phenoxy) is 6.